The Morgan fingerprint density at radius 3 is 2.40 bits per heavy atom. The van der Waals surface area contributed by atoms with Gasteiger partial charge < -0.3 is 15.2 Å². The van der Waals surface area contributed by atoms with Crippen LogP contribution in [0.15, 0.2) is 42.5 Å². The molecule has 0 radical (unpaired) electrons. The lowest BCUT2D eigenvalue weighted by Gasteiger charge is -2.09. The molecule has 3 nitrogen and oxygen atoms in total. The maximum absolute atomic E-state index is 8.70. The summed E-state index contributed by atoms with van der Waals surface area (Å²) in [6.45, 7) is 5.42. The van der Waals surface area contributed by atoms with Gasteiger partial charge in [0.15, 0.2) is 0 Å². The number of hydrogen-bond acceptors (Lipinski definition) is 3. The molecule has 0 amide bonds. The van der Waals surface area contributed by atoms with E-state index in [0.29, 0.717) is 6.61 Å². The Labute approximate surface area is 120 Å². The summed E-state index contributed by atoms with van der Waals surface area (Å²) in [6.07, 6.45) is 0. The highest BCUT2D eigenvalue weighted by atomic mass is 16.5. The van der Waals surface area contributed by atoms with Gasteiger partial charge in [0.1, 0.15) is 12.4 Å². The number of nitrogens with one attached hydrogen (secondary N) is 1. The van der Waals surface area contributed by atoms with Crippen molar-refractivity contribution >= 4 is 5.69 Å². The van der Waals surface area contributed by atoms with E-state index in [2.05, 4.69) is 37.4 Å². The van der Waals surface area contributed by atoms with Crippen LogP contribution in [0.1, 0.15) is 16.7 Å². The third-order valence-electron chi connectivity index (χ3n) is 3.28. The van der Waals surface area contributed by atoms with Gasteiger partial charge in [0.2, 0.25) is 0 Å². The zero-order chi connectivity index (χ0) is 14.4. The van der Waals surface area contributed by atoms with Crippen LogP contribution in [0, 0.1) is 13.8 Å². The SMILES string of the molecule is Cc1ccc(CNc2ccc(OCCO)cc2)cc1C. The summed E-state index contributed by atoms with van der Waals surface area (Å²) in [4.78, 5) is 0. The van der Waals surface area contributed by atoms with E-state index in [0.717, 1.165) is 18.0 Å². The summed E-state index contributed by atoms with van der Waals surface area (Å²) < 4.78 is 5.32. The first-order valence-electron chi connectivity index (χ1n) is 6.83. The molecule has 106 valence electrons. The molecule has 0 aromatic heterocycles. The highest BCUT2D eigenvalue weighted by Gasteiger charge is 1.98. The van der Waals surface area contributed by atoms with Crippen LogP contribution in [0.5, 0.6) is 5.75 Å². The Bertz CT molecular complexity index is 549. The fourth-order valence-electron chi connectivity index (χ4n) is 1.95. The first-order chi connectivity index (χ1) is 9.69. The molecule has 3 heteroatoms. The lowest BCUT2D eigenvalue weighted by atomic mass is 10.1. The van der Waals surface area contributed by atoms with E-state index in [1.165, 1.54) is 16.7 Å². The number of aliphatic hydroxyl groups is 1. The van der Waals surface area contributed by atoms with Crippen molar-refractivity contribution in [1.29, 1.82) is 0 Å². The van der Waals surface area contributed by atoms with Gasteiger partial charge in [0.05, 0.1) is 6.61 Å². The molecule has 20 heavy (non-hydrogen) atoms. The third kappa shape index (κ3) is 4.00. The van der Waals surface area contributed by atoms with Gasteiger partial charge in [0, 0.05) is 12.2 Å². The van der Waals surface area contributed by atoms with E-state index < -0.39 is 0 Å². The molecule has 0 fully saturated rings. The van der Waals surface area contributed by atoms with Gasteiger partial charge in [-0.05, 0) is 54.8 Å². The average Bonchev–Trinajstić information content (AvgIpc) is 2.47. The number of rotatable bonds is 6. The van der Waals surface area contributed by atoms with Crippen molar-refractivity contribution in [2.45, 2.75) is 20.4 Å². The third-order valence-corrected chi connectivity index (χ3v) is 3.28. The van der Waals surface area contributed by atoms with Gasteiger partial charge >= 0.3 is 0 Å². The maximum Gasteiger partial charge on any atom is 0.119 e. The summed E-state index contributed by atoms with van der Waals surface area (Å²) in [5, 5.41) is 12.1. The second kappa shape index (κ2) is 6.96. The summed E-state index contributed by atoms with van der Waals surface area (Å²) in [5.74, 6) is 0.774. The van der Waals surface area contributed by atoms with Crippen LogP contribution in [0.2, 0.25) is 0 Å². The van der Waals surface area contributed by atoms with E-state index in [1.54, 1.807) is 0 Å². The average molecular weight is 271 g/mol. The molecule has 0 saturated carbocycles. The van der Waals surface area contributed by atoms with Crippen LogP contribution in [0.4, 0.5) is 5.69 Å². The van der Waals surface area contributed by atoms with Crippen molar-refractivity contribution in [2.24, 2.45) is 0 Å². The van der Waals surface area contributed by atoms with Crippen molar-refractivity contribution in [3.8, 4) is 5.75 Å². The number of benzene rings is 2. The molecular formula is C17H21NO2. The summed E-state index contributed by atoms with van der Waals surface area (Å²) >= 11 is 0. The first-order valence-corrected chi connectivity index (χ1v) is 6.83. The highest BCUT2D eigenvalue weighted by Crippen LogP contribution is 2.17. The largest absolute Gasteiger partial charge is 0.491 e. The molecule has 2 aromatic rings. The van der Waals surface area contributed by atoms with Crippen molar-refractivity contribution in [2.75, 3.05) is 18.5 Å². The minimum Gasteiger partial charge on any atom is -0.491 e. The smallest absolute Gasteiger partial charge is 0.119 e. The lowest BCUT2D eigenvalue weighted by molar-refractivity contribution is 0.201. The molecule has 0 bridgehead atoms. The van der Waals surface area contributed by atoms with Crippen molar-refractivity contribution in [1.82, 2.24) is 0 Å². The topological polar surface area (TPSA) is 41.5 Å². The molecule has 0 aliphatic rings. The molecule has 0 spiro atoms. The maximum atomic E-state index is 8.70. The Morgan fingerprint density at radius 2 is 1.75 bits per heavy atom. The molecule has 0 aliphatic heterocycles. The second-order valence-corrected chi connectivity index (χ2v) is 4.87. The normalized spacial score (nSPS) is 10.3. The van der Waals surface area contributed by atoms with Gasteiger partial charge in [-0.25, -0.2) is 0 Å². The van der Waals surface area contributed by atoms with Crippen LogP contribution in [0.3, 0.4) is 0 Å². The Morgan fingerprint density at radius 1 is 1.00 bits per heavy atom. The lowest BCUT2D eigenvalue weighted by Crippen LogP contribution is -2.02. The molecular weight excluding hydrogens is 250 g/mol. The molecule has 2 aromatic carbocycles. The first kappa shape index (κ1) is 14.4. The van der Waals surface area contributed by atoms with Crippen molar-refractivity contribution in [3.05, 3.63) is 59.2 Å². The second-order valence-electron chi connectivity index (χ2n) is 4.87. The Kier molecular flexibility index (Phi) is 5.02. The predicted molar refractivity (Wildman–Crippen MR) is 82.3 cm³/mol. The van der Waals surface area contributed by atoms with E-state index in [-0.39, 0.29) is 6.61 Å². The van der Waals surface area contributed by atoms with E-state index in [4.69, 9.17) is 9.84 Å². The number of aliphatic hydroxyl groups excluding tert-OH is 1. The van der Waals surface area contributed by atoms with Crippen LogP contribution in [0.25, 0.3) is 0 Å². The van der Waals surface area contributed by atoms with Gasteiger partial charge in [-0.3, -0.25) is 0 Å². The molecule has 0 atom stereocenters. The molecule has 2 N–H and O–H groups in total. The number of aryl methyl sites for hydroxylation is 2. The highest BCUT2D eigenvalue weighted by molar-refractivity contribution is 5.47. The molecule has 0 aliphatic carbocycles. The van der Waals surface area contributed by atoms with Crippen LogP contribution in [-0.2, 0) is 6.54 Å². The zero-order valence-electron chi connectivity index (χ0n) is 12.0. The molecule has 0 heterocycles. The fraction of sp³-hybridized carbons (Fsp3) is 0.294. The van der Waals surface area contributed by atoms with Crippen LogP contribution < -0.4 is 10.1 Å². The van der Waals surface area contributed by atoms with E-state index >= 15 is 0 Å². The van der Waals surface area contributed by atoms with Crippen LogP contribution in [-0.4, -0.2) is 18.3 Å². The molecule has 0 saturated heterocycles. The number of anilines is 1. The minimum atomic E-state index is 0.0345. The van der Waals surface area contributed by atoms with Gasteiger partial charge in [-0.1, -0.05) is 18.2 Å². The van der Waals surface area contributed by atoms with Gasteiger partial charge in [-0.15, -0.1) is 0 Å². The zero-order valence-corrected chi connectivity index (χ0v) is 12.0. The summed E-state index contributed by atoms with van der Waals surface area (Å²) in [7, 11) is 0. The summed E-state index contributed by atoms with van der Waals surface area (Å²) in [5.41, 5.74) is 4.96. The van der Waals surface area contributed by atoms with Gasteiger partial charge in [-0.2, -0.15) is 0 Å². The number of ether oxygens (including phenoxy) is 1. The monoisotopic (exact) mass is 271 g/mol. The number of hydrogen-bond donors (Lipinski definition) is 2. The Hall–Kier alpha value is -2.00. The summed E-state index contributed by atoms with van der Waals surface area (Å²) in [6, 6.07) is 14.3. The molecule has 0 unspecified atom stereocenters. The van der Waals surface area contributed by atoms with E-state index in [1.807, 2.05) is 24.3 Å². The fourth-order valence-corrected chi connectivity index (χ4v) is 1.95. The predicted octanol–water partition coefficient (Wildman–Crippen LogP) is 3.29. The quantitative estimate of drug-likeness (QED) is 0.847. The standard InChI is InChI=1S/C17H21NO2/c1-13-3-4-15(11-14(13)2)12-18-16-5-7-17(8-6-16)20-10-9-19/h3-8,11,18-19H,9-10,12H2,1-2H3. The minimum absolute atomic E-state index is 0.0345. The van der Waals surface area contributed by atoms with Crippen LogP contribution >= 0.6 is 0 Å². The Balaban J connectivity index is 1.91. The van der Waals surface area contributed by atoms with Crippen molar-refractivity contribution < 1.29 is 9.84 Å². The van der Waals surface area contributed by atoms with Gasteiger partial charge in [0.25, 0.3) is 0 Å². The van der Waals surface area contributed by atoms with E-state index in [9.17, 15) is 0 Å². The van der Waals surface area contributed by atoms with Crippen molar-refractivity contribution in [3.63, 3.8) is 0 Å². The molecule has 2 rings (SSSR count).